The minimum absolute atomic E-state index is 0.0846. The van der Waals surface area contributed by atoms with Crippen molar-refractivity contribution >= 4 is 11.6 Å². The number of alkyl halides is 3. The number of halogens is 4. The third-order valence-corrected chi connectivity index (χ3v) is 7.19. The van der Waals surface area contributed by atoms with Crippen molar-refractivity contribution in [2.45, 2.75) is 18.8 Å². The zero-order valence-electron chi connectivity index (χ0n) is 20.9. The van der Waals surface area contributed by atoms with Gasteiger partial charge in [-0.1, -0.05) is 23.7 Å². The van der Waals surface area contributed by atoms with Crippen LogP contribution in [0.2, 0.25) is 5.02 Å². The third-order valence-electron chi connectivity index (χ3n) is 6.90. The van der Waals surface area contributed by atoms with E-state index >= 15 is 0 Å². The molecule has 38 heavy (non-hydrogen) atoms. The normalized spacial score (nSPS) is 19.9. The summed E-state index contributed by atoms with van der Waals surface area (Å²) in [6.45, 7) is 3.35. The zero-order valence-corrected chi connectivity index (χ0v) is 21.7. The molecule has 0 bridgehead atoms. The summed E-state index contributed by atoms with van der Waals surface area (Å²) in [5, 5.41) is -0.0846. The molecule has 202 valence electrons. The van der Waals surface area contributed by atoms with E-state index in [-0.39, 0.29) is 16.8 Å². The van der Waals surface area contributed by atoms with Gasteiger partial charge < -0.3 is 14.2 Å². The highest BCUT2D eigenvalue weighted by Crippen LogP contribution is 2.41. The molecule has 0 spiro atoms. The maximum Gasteiger partial charge on any atom is 0.417 e. The molecular weight excluding hydrogens is 521 g/mol. The number of hydrogen-bond acceptors (Lipinski definition) is 7. The topological polar surface area (TPSA) is 67.9 Å². The van der Waals surface area contributed by atoms with Crippen molar-refractivity contribution in [2.24, 2.45) is 5.92 Å². The van der Waals surface area contributed by atoms with Gasteiger partial charge in [0.1, 0.15) is 12.4 Å². The molecule has 5 rings (SSSR count). The lowest BCUT2D eigenvalue weighted by molar-refractivity contribution is -0.137. The molecule has 11 heteroatoms. The number of pyridine rings is 1. The van der Waals surface area contributed by atoms with Gasteiger partial charge in [-0.15, -0.1) is 0 Å². The average Bonchev–Trinajstić information content (AvgIpc) is 3.26. The molecule has 7 nitrogen and oxygen atoms in total. The van der Waals surface area contributed by atoms with Crippen LogP contribution in [0.3, 0.4) is 0 Å². The Morgan fingerprint density at radius 3 is 2.61 bits per heavy atom. The van der Waals surface area contributed by atoms with Crippen molar-refractivity contribution in [3.05, 3.63) is 70.4 Å². The van der Waals surface area contributed by atoms with E-state index in [0.29, 0.717) is 42.7 Å². The van der Waals surface area contributed by atoms with Gasteiger partial charge in [0.2, 0.25) is 0 Å². The maximum absolute atomic E-state index is 13.1. The maximum atomic E-state index is 13.1. The molecule has 0 radical (unpaired) electrons. The Kier molecular flexibility index (Phi) is 7.67. The summed E-state index contributed by atoms with van der Waals surface area (Å²) in [4.78, 5) is 6.35. The second-order valence-corrected chi connectivity index (χ2v) is 9.75. The minimum Gasteiger partial charge on any atom is -0.497 e. The van der Waals surface area contributed by atoms with Gasteiger partial charge in [-0.25, -0.2) is 5.43 Å². The van der Waals surface area contributed by atoms with Crippen LogP contribution in [-0.4, -0.2) is 50.3 Å². The van der Waals surface area contributed by atoms with Crippen LogP contribution in [0.15, 0.2) is 48.7 Å². The van der Waals surface area contributed by atoms with Gasteiger partial charge in [0, 0.05) is 49.4 Å². The first-order valence-corrected chi connectivity index (χ1v) is 12.6. The lowest BCUT2D eigenvalue weighted by atomic mass is 9.94. The number of aromatic nitrogens is 1. The number of ether oxygens (including phenoxy) is 3. The fourth-order valence-electron chi connectivity index (χ4n) is 4.99. The molecule has 2 aliphatic heterocycles. The third kappa shape index (κ3) is 5.54. The molecule has 1 saturated heterocycles. The smallest absolute Gasteiger partial charge is 0.417 e. The second kappa shape index (κ2) is 11.0. The number of fused-ring (bicyclic) bond motifs is 1. The van der Waals surface area contributed by atoms with Crippen LogP contribution in [0.25, 0.3) is 11.3 Å². The fraction of sp³-hybridized carbons (Fsp3) is 0.370. The molecular formula is C27H28ClF3N4O3. The summed E-state index contributed by atoms with van der Waals surface area (Å²) < 4.78 is 56.3. The van der Waals surface area contributed by atoms with Crippen LogP contribution in [-0.2, 0) is 12.7 Å². The number of methoxy groups -OCH3 is 2. The Balaban J connectivity index is 1.40. The van der Waals surface area contributed by atoms with E-state index in [1.165, 1.54) is 12.7 Å². The lowest BCUT2D eigenvalue weighted by Gasteiger charge is -2.26. The Labute approximate surface area is 223 Å². The number of nitrogens with zero attached hydrogens (tertiary/aromatic N) is 2. The molecule has 3 aromatic rings. The fourth-order valence-corrected chi connectivity index (χ4v) is 5.27. The van der Waals surface area contributed by atoms with Gasteiger partial charge in [0.15, 0.2) is 11.5 Å². The standard InChI is InChI=1S/C27H28ClF3N4O3/c1-36-21-5-3-16(4-6-21)24-19(12-33-34-24)15-35-7-8-38-26-18(14-35)9-17(10-23(26)37-2)25-22(28)11-20(13-32-25)27(29,30)31/h3-6,9-11,13,19,24,33-34H,7-8,12,14-15H2,1-2H3. The van der Waals surface area contributed by atoms with Crippen molar-refractivity contribution in [1.29, 1.82) is 0 Å². The van der Waals surface area contributed by atoms with Crippen molar-refractivity contribution in [2.75, 3.05) is 40.5 Å². The molecule has 2 aliphatic rings. The quantitative estimate of drug-likeness (QED) is 0.444. The first kappa shape index (κ1) is 26.6. The summed E-state index contributed by atoms with van der Waals surface area (Å²) >= 11 is 6.25. The Morgan fingerprint density at radius 1 is 1.13 bits per heavy atom. The monoisotopic (exact) mass is 548 g/mol. The van der Waals surface area contributed by atoms with Crippen LogP contribution in [0.5, 0.6) is 17.2 Å². The zero-order chi connectivity index (χ0) is 26.9. The van der Waals surface area contributed by atoms with E-state index in [0.717, 1.165) is 36.7 Å². The van der Waals surface area contributed by atoms with Crippen molar-refractivity contribution in [3.8, 4) is 28.5 Å². The molecule has 3 heterocycles. The number of benzene rings is 2. The summed E-state index contributed by atoms with van der Waals surface area (Å²) in [5.74, 6) is 2.21. The molecule has 2 unspecified atom stereocenters. The van der Waals surface area contributed by atoms with Crippen LogP contribution >= 0.6 is 11.6 Å². The van der Waals surface area contributed by atoms with E-state index < -0.39 is 11.7 Å². The number of rotatable bonds is 6. The highest BCUT2D eigenvalue weighted by Gasteiger charge is 2.33. The van der Waals surface area contributed by atoms with Gasteiger partial charge in [-0.2, -0.15) is 13.2 Å². The molecule has 0 amide bonds. The summed E-state index contributed by atoms with van der Waals surface area (Å²) in [7, 11) is 3.18. The largest absolute Gasteiger partial charge is 0.497 e. The average molecular weight is 549 g/mol. The highest BCUT2D eigenvalue weighted by atomic mass is 35.5. The Hall–Kier alpha value is -3.05. The predicted molar refractivity (Wildman–Crippen MR) is 137 cm³/mol. The van der Waals surface area contributed by atoms with Crippen molar-refractivity contribution in [1.82, 2.24) is 20.7 Å². The van der Waals surface area contributed by atoms with Gasteiger partial charge in [0.25, 0.3) is 0 Å². The highest BCUT2D eigenvalue weighted by molar-refractivity contribution is 6.33. The summed E-state index contributed by atoms with van der Waals surface area (Å²) in [6.07, 6.45) is -3.73. The Morgan fingerprint density at radius 2 is 1.92 bits per heavy atom. The van der Waals surface area contributed by atoms with Crippen LogP contribution in [0.1, 0.15) is 22.7 Å². The second-order valence-electron chi connectivity index (χ2n) is 9.34. The van der Waals surface area contributed by atoms with Crippen molar-refractivity contribution in [3.63, 3.8) is 0 Å². The van der Waals surface area contributed by atoms with E-state index in [1.807, 2.05) is 18.2 Å². The Bertz CT molecular complexity index is 1290. The van der Waals surface area contributed by atoms with Gasteiger partial charge >= 0.3 is 6.18 Å². The van der Waals surface area contributed by atoms with Gasteiger partial charge in [0.05, 0.1) is 36.5 Å². The van der Waals surface area contributed by atoms with Gasteiger partial charge in [-0.05, 0) is 35.9 Å². The first-order valence-electron chi connectivity index (χ1n) is 12.2. The van der Waals surface area contributed by atoms with Crippen LogP contribution < -0.4 is 25.1 Å². The molecule has 2 N–H and O–H groups in total. The summed E-state index contributed by atoms with van der Waals surface area (Å²) in [5.41, 5.74) is 8.60. The van der Waals surface area contributed by atoms with Gasteiger partial charge in [-0.3, -0.25) is 15.3 Å². The van der Waals surface area contributed by atoms with E-state index in [2.05, 4.69) is 32.9 Å². The number of nitrogens with one attached hydrogen (secondary N) is 2. The van der Waals surface area contributed by atoms with Crippen LogP contribution in [0.4, 0.5) is 13.2 Å². The van der Waals surface area contributed by atoms with E-state index in [4.69, 9.17) is 25.8 Å². The minimum atomic E-state index is -4.53. The lowest BCUT2D eigenvalue weighted by Crippen LogP contribution is -2.34. The molecule has 2 aromatic carbocycles. The molecule has 2 atom stereocenters. The molecule has 0 saturated carbocycles. The van der Waals surface area contributed by atoms with Crippen LogP contribution in [0, 0.1) is 5.92 Å². The molecule has 1 aromatic heterocycles. The number of hydrogen-bond donors (Lipinski definition) is 2. The predicted octanol–water partition coefficient (Wildman–Crippen LogP) is 5.10. The molecule has 1 fully saturated rings. The van der Waals surface area contributed by atoms with Crippen molar-refractivity contribution < 1.29 is 27.4 Å². The van der Waals surface area contributed by atoms with E-state index in [1.54, 1.807) is 13.2 Å². The SMILES string of the molecule is COc1ccc(C2NNCC2CN2CCOc3c(cc(-c4ncc(C(F)(F)F)cc4Cl)cc3OC)C2)cc1. The number of hydrazine groups is 1. The van der Waals surface area contributed by atoms with E-state index in [9.17, 15) is 13.2 Å². The summed E-state index contributed by atoms with van der Waals surface area (Å²) in [6, 6.07) is 12.6. The molecule has 0 aliphatic carbocycles. The first-order chi connectivity index (χ1) is 18.3.